The summed E-state index contributed by atoms with van der Waals surface area (Å²) >= 11 is 1.25. The molecule has 256 valence electrons. The fourth-order valence-electron chi connectivity index (χ4n) is 6.28. The Labute approximate surface area is 292 Å². The van der Waals surface area contributed by atoms with Gasteiger partial charge in [-0.1, -0.05) is 59.9 Å². The first kappa shape index (κ1) is 34.2. The van der Waals surface area contributed by atoms with E-state index in [4.69, 9.17) is 19.2 Å². The van der Waals surface area contributed by atoms with E-state index in [2.05, 4.69) is 0 Å². The molecule has 1 aromatic heterocycles. The van der Waals surface area contributed by atoms with Crippen molar-refractivity contribution in [2.75, 3.05) is 27.3 Å². The summed E-state index contributed by atoms with van der Waals surface area (Å²) in [6.45, 7) is 6.84. The predicted octanol–water partition coefficient (Wildman–Crippen LogP) is 5.55. The Morgan fingerprint density at radius 1 is 0.940 bits per heavy atom. The Morgan fingerprint density at radius 3 is 2.40 bits per heavy atom. The quantitative estimate of drug-likeness (QED) is 0.193. The third kappa shape index (κ3) is 6.39. The topological polar surface area (TPSA) is 120 Å². The molecule has 2 heterocycles. The molecule has 0 bridgehead atoms. The summed E-state index contributed by atoms with van der Waals surface area (Å²) in [7, 11) is 3.12. The van der Waals surface area contributed by atoms with Crippen molar-refractivity contribution in [2.24, 2.45) is 4.99 Å². The Balaban J connectivity index is 1.46. The molecular formula is C39H37N3O7S. The van der Waals surface area contributed by atoms with Gasteiger partial charge >= 0.3 is 5.97 Å². The van der Waals surface area contributed by atoms with E-state index in [0.717, 1.165) is 16.3 Å². The van der Waals surface area contributed by atoms with E-state index in [0.29, 0.717) is 62.1 Å². The van der Waals surface area contributed by atoms with Gasteiger partial charge in [0.1, 0.15) is 18.4 Å². The number of nitrogens with zero attached hydrogens (tertiary/aromatic N) is 3. The fraction of sp³-hybridized carbons (Fsp3) is 0.231. The second-order valence-corrected chi connectivity index (χ2v) is 12.7. The van der Waals surface area contributed by atoms with E-state index in [-0.39, 0.29) is 23.6 Å². The van der Waals surface area contributed by atoms with Crippen LogP contribution in [0.3, 0.4) is 0 Å². The molecule has 1 N–H and O–H groups in total. The van der Waals surface area contributed by atoms with Crippen molar-refractivity contribution in [3.8, 4) is 17.2 Å². The number of aromatic carboxylic acids is 1. The average Bonchev–Trinajstić information content (AvgIpc) is 3.43. The summed E-state index contributed by atoms with van der Waals surface area (Å²) in [5, 5.41) is 11.1. The Morgan fingerprint density at radius 2 is 1.68 bits per heavy atom. The zero-order valence-electron chi connectivity index (χ0n) is 28.4. The van der Waals surface area contributed by atoms with Gasteiger partial charge in [0.2, 0.25) is 0 Å². The van der Waals surface area contributed by atoms with E-state index >= 15 is 0 Å². The van der Waals surface area contributed by atoms with Gasteiger partial charge in [-0.15, -0.1) is 0 Å². The van der Waals surface area contributed by atoms with Crippen molar-refractivity contribution in [1.29, 1.82) is 0 Å². The van der Waals surface area contributed by atoms with Crippen molar-refractivity contribution < 1.29 is 28.9 Å². The minimum absolute atomic E-state index is 0.140. The smallest absolute Gasteiger partial charge is 0.335 e. The number of ether oxygens (including phenoxy) is 3. The third-order valence-corrected chi connectivity index (χ3v) is 9.76. The predicted molar refractivity (Wildman–Crippen MR) is 193 cm³/mol. The van der Waals surface area contributed by atoms with E-state index in [1.165, 1.54) is 24.5 Å². The minimum Gasteiger partial charge on any atom is -0.496 e. The Kier molecular flexibility index (Phi) is 9.87. The number of thiazole rings is 1. The first-order valence-electron chi connectivity index (χ1n) is 16.2. The number of carbonyl (C=O) groups is 2. The van der Waals surface area contributed by atoms with Gasteiger partial charge in [-0.2, -0.15) is 0 Å². The van der Waals surface area contributed by atoms with Crippen LogP contribution in [0.1, 0.15) is 53.9 Å². The molecule has 50 heavy (non-hydrogen) atoms. The minimum atomic E-state index is -1.01. The van der Waals surface area contributed by atoms with Crippen LogP contribution < -0.4 is 29.1 Å². The number of allylic oxidation sites excluding steroid dienone is 1. The van der Waals surface area contributed by atoms with Gasteiger partial charge in [0.25, 0.3) is 11.5 Å². The molecule has 0 fully saturated rings. The van der Waals surface area contributed by atoms with Crippen molar-refractivity contribution in [1.82, 2.24) is 9.47 Å². The van der Waals surface area contributed by atoms with Crippen LogP contribution in [0.4, 0.5) is 0 Å². The van der Waals surface area contributed by atoms with Gasteiger partial charge < -0.3 is 24.2 Å². The monoisotopic (exact) mass is 691 g/mol. The number of methoxy groups -OCH3 is 2. The summed E-state index contributed by atoms with van der Waals surface area (Å²) in [6, 6.07) is 22.8. The van der Waals surface area contributed by atoms with Gasteiger partial charge in [0, 0.05) is 18.7 Å². The molecule has 1 aliphatic rings. The molecule has 1 atom stereocenters. The summed E-state index contributed by atoms with van der Waals surface area (Å²) in [6.07, 6.45) is 1.77. The molecule has 0 unspecified atom stereocenters. The number of benzene rings is 4. The zero-order chi connectivity index (χ0) is 35.5. The SMILES string of the molecule is CCN(CC)C(=O)C1=C(C)N=c2s/c(=C/c3ccc(OCc4cccc(C(=O)O)c4)c(OC)c3)c(=O)n2[C@@H]1c1c(OC)ccc2ccccc12. The van der Waals surface area contributed by atoms with Gasteiger partial charge in [0.15, 0.2) is 16.3 Å². The standard InChI is InChI=1S/C39H37N3O7S/c1-6-41(7-2)37(44)33-23(3)40-39-42(35(33)34-28-14-9-8-12-26(28)16-18-30(34)47-4)36(43)32(50-39)21-24-15-17-29(31(20-24)48-5)49-22-25-11-10-13-27(19-25)38(45)46/h8-21,35H,6-7,22H2,1-5H3,(H,45,46)/b32-21+/t35-/m0/s1. The fourth-order valence-corrected chi connectivity index (χ4v) is 7.33. The number of aromatic nitrogens is 1. The summed E-state index contributed by atoms with van der Waals surface area (Å²) in [5.41, 5.74) is 2.98. The molecule has 0 spiro atoms. The number of hydrogen-bond donors (Lipinski definition) is 1. The maximum atomic E-state index is 14.5. The highest BCUT2D eigenvalue weighted by Crippen LogP contribution is 2.40. The van der Waals surface area contributed by atoms with E-state index in [1.54, 1.807) is 53.0 Å². The molecule has 1 amide bonds. The van der Waals surface area contributed by atoms with Crippen LogP contribution in [0.25, 0.3) is 16.8 Å². The lowest BCUT2D eigenvalue weighted by Crippen LogP contribution is -2.43. The number of likely N-dealkylation sites (N-methyl/N-ethyl adjacent to an activating group) is 1. The second kappa shape index (κ2) is 14.4. The van der Waals surface area contributed by atoms with E-state index in [9.17, 15) is 19.5 Å². The molecule has 1 aliphatic heterocycles. The highest BCUT2D eigenvalue weighted by Gasteiger charge is 2.36. The van der Waals surface area contributed by atoms with Gasteiger partial charge in [-0.05, 0) is 79.1 Å². The largest absolute Gasteiger partial charge is 0.496 e. The van der Waals surface area contributed by atoms with Crippen molar-refractivity contribution in [2.45, 2.75) is 33.4 Å². The number of carboxylic acids is 1. The lowest BCUT2D eigenvalue weighted by molar-refractivity contribution is -0.127. The summed E-state index contributed by atoms with van der Waals surface area (Å²) in [4.78, 5) is 47.1. The van der Waals surface area contributed by atoms with E-state index < -0.39 is 12.0 Å². The maximum Gasteiger partial charge on any atom is 0.335 e. The number of amides is 1. The van der Waals surface area contributed by atoms with E-state index in [1.807, 2.05) is 63.2 Å². The summed E-state index contributed by atoms with van der Waals surface area (Å²) < 4.78 is 19.5. The number of hydrogen-bond acceptors (Lipinski definition) is 8. The molecule has 4 aromatic carbocycles. The Hall–Kier alpha value is -5.68. The average molecular weight is 692 g/mol. The number of carboxylic acid groups (broad SMARTS) is 1. The van der Waals surface area contributed by atoms with Crippen LogP contribution >= 0.6 is 11.3 Å². The first-order valence-corrected chi connectivity index (χ1v) is 17.0. The van der Waals surface area contributed by atoms with Crippen LogP contribution in [-0.4, -0.2) is 53.8 Å². The van der Waals surface area contributed by atoms with Crippen LogP contribution in [0, 0.1) is 0 Å². The third-order valence-electron chi connectivity index (χ3n) is 8.78. The Bertz CT molecular complexity index is 2340. The van der Waals surface area contributed by atoms with Crippen molar-refractivity contribution in [3.05, 3.63) is 132 Å². The summed E-state index contributed by atoms with van der Waals surface area (Å²) in [5.74, 6) is 0.286. The van der Waals surface area contributed by atoms with Gasteiger partial charge in [-0.3, -0.25) is 14.2 Å². The lowest BCUT2D eigenvalue weighted by atomic mass is 9.90. The first-order chi connectivity index (χ1) is 24.2. The molecule has 0 radical (unpaired) electrons. The molecule has 5 aromatic rings. The highest BCUT2D eigenvalue weighted by atomic mass is 32.1. The highest BCUT2D eigenvalue weighted by molar-refractivity contribution is 7.07. The lowest BCUT2D eigenvalue weighted by Gasteiger charge is -2.30. The second-order valence-electron chi connectivity index (χ2n) is 11.7. The van der Waals surface area contributed by atoms with Crippen molar-refractivity contribution in [3.63, 3.8) is 0 Å². The molecule has 6 rings (SSSR count). The van der Waals surface area contributed by atoms with Crippen molar-refractivity contribution >= 4 is 40.1 Å². The van der Waals surface area contributed by atoms with Crippen LogP contribution in [0.15, 0.2) is 99.9 Å². The molecule has 0 saturated heterocycles. The molecular weight excluding hydrogens is 655 g/mol. The van der Waals surface area contributed by atoms with Gasteiger partial charge in [0.05, 0.1) is 35.6 Å². The molecule has 10 nitrogen and oxygen atoms in total. The van der Waals surface area contributed by atoms with Gasteiger partial charge in [-0.25, -0.2) is 9.79 Å². The van der Waals surface area contributed by atoms with Crippen LogP contribution in [-0.2, 0) is 11.4 Å². The maximum absolute atomic E-state index is 14.5. The number of fused-ring (bicyclic) bond motifs is 2. The normalized spacial score (nSPS) is 14.3. The molecule has 0 aliphatic carbocycles. The number of rotatable bonds is 11. The zero-order valence-corrected chi connectivity index (χ0v) is 29.2. The van der Waals surface area contributed by atoms with Crippen LogP contribution in [0.5, 0.6) is 17.2 Å². The van der Waals surface area contributed by atoms with Crippen LogP contribution in [0.2, 0.25) is 0 Å². The number of carbonyl (C=O) groups excluding carboxylic acids is 1. The molecule has 11 heteroatoms. The molecule has 0 saturated carbocycles.